The molecule has 2 aromatic rings. The Kier molecular flexibility index (Phi) is 5.33. The molecule has 0 saturated heterocycles. The SMILES string of the molecule is C[C@H](NCc1cc(Br)cc([N+](=O)[O-])c1)c1cccc(Cl)c1. The molecule has 2 aromatic carbocycles. The smallest absolute Gasteiger partial charge is 0.270 e. The largest absolute Gasteiger partial charge is 0.306 e. The number of nitrogens with one attached hydrogen (secondary N) is 1. The summed E-state index contributed by atoms with van der Waals surface area (Å²) in [7, 11) is 0. The fraction of sp³-hybridized carbons (Fsp3) is 0.200. The van der Waals surface area contributed by atoms with E-state index in [9.17, 15) is 10.1 Å². The fourth-order valence-electron chi connectivity index (χ4n) is 2.01. The molecule has 0 aromatic heterocycles. The molecule has 1 N–H and O–H groups in total. The summed E-state index contributed by atoms with van der Waals surface area (Å²) in [6.07, 6.45) is 0. The number of hydrogen-bond acceptors (Lipinski definition) is 3. The number of nitro benzene ring substituents is 1. The highest BCUT2D eigenvalue weighted by molar-refractivity contribution is 9.10. The Balaban J connectivity index is 2.07. The third kappa shape index (κ3) is 4.52. The minimum atomic E-state index is -0.394. The van der Waals surface area contributed by atoms with E-state index in [1.54, 1.807) is 6.07 Å². The van der Waals surface area contributed by atoms with Crippen LogP contribution in [0.25, 0.3) is 0 Å². The molecule has 21 heavy (non-hydrogen) atoms. The van der Waals surface area contributed by atoms with Crippen LogP contribution in [0, 0.1) is 10.1 Å². The van der Waals surface area contributed by atoms with Crippen LogP contribution in [-0.2, 0) is 6.54 Å². The van der Waals surface area contributed by atoms with Crippen molar-refractivity contribution in [2.75, 3.05) is 0 Å². The summed E-state index contributed by atoms with van der Waals surface area (Å²) in [6.45, 7) is 2.56. The van der Waals surface area contributed by atoms with Crippen molar-refractivity contribution in [1.29, 1.82) is 0 Å². The zero-order valence-corrected chi connectivity index (χ0v) is 13.7. The van der Waals surface area contributed by atoms with Crippen LogP contribution in [0.5, 0.6) is 0 Å². The van der Waals surface area contributed by atoms with E-state index in [1.807, 2.05) is 37.3 Å². The molecule has 0 unspecified atom stereocenters. The second-order valence-corrected chi connectivity index (χ2v) is 6.08. The zero-order valence-electron chi connectivity index (χ0n) is 11.3. The van der Waals surface area contributed by atoms with Crippen molar-refractivity contribution in [2.24, 2.45) is 0 Å². The average Bonchev–Trinajstić information content (AvgIpc) is 2.44. The molecule has 0 radical (unpaired) electrons. The van der Waals surface area contributed by atoms with E-state index in [0.717, 1.165) is 11.1 Å². The summed E-state index contributed by atoms with van der Waals surface area (Å²) in [5.74, 6) is 0. The van der Waals surface area contributed by atoms with Crippen LogP contribution in [0.3, 0.4) is 0 Å². The Bertz CT molecular complexity index is 664. The predicted octanol–water partition coefficient (Wildman–Crippen LogP) is 4.86. The van der Waals surface area contributed by atoms with Crippen molar-refractivity contribution in [1.82, 2.24) is 5.32 Å². The van der Waals surface area contributed by atoms with E-state index in [2.05, 4.69) is 21.2 Å². The van der Waals surface area contributed by atoms with Crippen molar-refractivity contribution in [3.63, 3.8) is 0 Å². The minimum absolute atomic E-state index is 0.0802. The summed E-state index contributed by atoms with van der Waals surface area (Å²) in [5, 5.41) is 14.9. The van der Waals surface area contributed by atoms with Gasteiger partial charge in [-0.25, -0.2) is 0 Å². The van der Waals surface area contributed by atoms with Gasteiger partial charge in [-0.2, -0.15) is 0 Å². The summed E-state index contributed by atoms with van der Waals surface area (Å²) in [5.41, 5.74) is 2.01. The highest BCUT2D eigenvalue weighted by Crippen LogP contribution is 2.22. The van der Waals surface area contributed by atoms with E-state index in [0.29, 0.717) is 16.0 Å². The maximum Gasteiger partial charge on any atom is 0.270 e. The molecule has 1 atom stereocenters. The predicted molar refractivity (Wildman–Crippen MR) is 87.5 cm³/mol. The lowest BCUT2D eigenvalue weighted by Gasteiger charge is -2.14. The average molecular weight is 370 g/mol. The Labute approximate surface area is 136 Å². The van der Waals surface area contributed by atoms with Gasteiger partial charge in [-0.05, 0) is 36.2 Å². The van der Waals surface area contributed by atoms with Gasteiger partial charge in [0, 0.05) is 34.2 Å². The lowest BCUT2D eigenvalue weighted by molar-refractivity contribution is -0.385. The summed E-state index contributed by atoms with van der Waals surface area (Å²) in [4.78, 5) is 10.5. The normalized spacial score (nSPS) is 12.1. The van der Waals surface area contributed by atoms with E-state index in [1.165, 1.54) is 6.07 Å². The monoisotopic (exact) mass is 368 g/mol. The van der Waals surface area contributed by atoms with E-state index in [-0.39, 0.29) is 11.7 Å². The molecule has 0 heterocycles. The molecular formula is C15H14BrClN2O2. The second kappa shape index (κ2) is 7.02. The Hall–Kier alpha value is -1.43. The zero-order chi connectivity index (χ0) is 15.4. The first-order valence-electron chi connectivity index (χ1n) is 6.38. The quantitative estimate of drug-likeness (QED) is 0.605. The first kappa shape index (κ1) is 15.9. The molecule has 0 bridgehead atoms. The van der Waals surface area contributed by atoms with Gasteiger partial charge < -0.3 is 5.32 Å². The Morgan fingerprint density at radius 3 is 2.76 bits per heavy atom. The van der Waals surface area contributed by atoms with Crippen molar-refractivity contribution in [2.45, 2.75) is 19.5 Å². The fourth-order valence-corrected chi connectivity index (χ4v) is 2.73. The highest BCUT2D eigenvalue weighted by Gasteiger charge is 2.10. The van der Waals surface area contributed by atoms with E-state index in [4.69, 9.17) is 11.6 Å². The number of nitro groups is 1. The van der Waals surface area contributed by atoms with Gasteiger partial charge in [0.25, 0.3) is 5.69 Å². The van der Waals surface area contributed by atoms with Gasteiger partial charge in [0.05, 0.1) is 4.92 Å². The summed E-state index contributed by atoms with van der Waals surface area (Å²) < 4.78 is 0.698. The number of benzene rings is 2. The molecule has 0 aliphatic heterocycles. The van der Waals surface area contributed by atoms with Crippen LogP contribution < -0.4 is 5.32 Å². The lowest BCUT2D eigenvalue weighted by atomic mass is 10.1. The molecule has 0 saturated carbocycles. The third-order valence-electron chi connectivity index (χ3n) is 3.11. The van der Waals surface area contributed by atoms with Crippen molar-refractivity contribution in [3.8, 4) is 0 Å². The number of halogens is 2. The van der Waals surface area contributed by atoms with Gasteiger partial charge in [-0.3, -0.25) is 10.1 Å². The molecule has 0 aliphatic carbocycles. The Morgan fingerprint density at radius 1 is 1.33 bits per heavy atom. The standard InChI is InChI=1S/C15H14BrClN2O2/c1-10(12-3-2-4-14(17)7-12)18-9-11-5-13(16)8-15(6-11)19(20)21/h2-8,10,18H,9H2,1H3/t10-/m0/s1. The molecule has 0 fully saturated rings. The summed E-state index contributed by atoms with van der Waals surface area (Å²) in [6, 6.07) is 12.7. The maximum absolute atomic E-state index is 10.9. The molecule has 0 amide bonds. The van der Waals surface area contributed by atoms with Gasteiger partial charge in [-0.15, -0.1) is 0 Å². The van der Waals surface area contributed by atoms with Gasteiger partial charge >= 0.3 is 0 Å². The number of nitrogens with zero attached hydrogens (tertiary/aromatic N) is 1. The second-order valence-electron chi connectivity index (χ2n) is 4.73. The van der Waals surface area contributed by atoms with E-state index >= 15 is 0 Å². The van der Waals surface area contributed by atoms with Crippen molar-refractivity contribution in [3.05, 3.63) is 73.2 Å². The van der Waals surface area contributed by atoms with Crippen LogP contribution >= 0.6 is 27.5 Å². The molecule has 110 valence electrons. The van der Waals surface area contributed by atoms with Crippen LogP contribution in [0.4, 0.5) is 5.69 Å². The highest BCUT2D eigenvalue weighted by atomic mass is 79.9. The molecule has 4 nitrogen and oxygen atoms in total. The molecule has 2 rings (SSSR count). The van der Waals surface area contributed by atoms with Gasteiger partial charge in [0.15, 0.2) is 0 Å². The maximum atomic E-state index is 10.9. The van der Waals surface area contributed by atoms with Crippen LogP contribution in [0.1, 0.15) is 24.1 Å². The first-order valence-corrected chi connectivity index (χ1v) is 7.55. The Morgan fingerprint density at radius 2 is 2.10 bits per heavy atom. The van der Waals surface area contributed by atoms with Crippen LogP contribution in [0.2, 0.25) is 5.02 Å². The van der Waals surface area contributed by atoms with Gasteiger partial charge in [0.1, 0.15) is 0 Å². The lowest BCUT2D eigenvalue weighted by Crippen LogP contribution is -2.18. The third-order valence-corrected chi connectivity index (χ3v) is 3.81. The van der Waals surface area contributed by atoms with E-state index < -0.39 is 4.92 Å². The molecule has 6 heteroatoms. The molecule has 0 aliphatic rings. The molecule has 0 spiro atoms. The first-order chi connectivity index (χ1) is 9.95. The molecular weight excluding hydrogens is 356 g/mol. The summed E-state index contributed by atoms with van der Waals surface area (Å²) >= 11 is 9.27. The number of hydrogen-bond donors (Lipinski definition) is 1. The minimum Gasteiger partial charge on any atom is -0.306 e. The number of non-ortho nitro benzene ring substituents is 1. The van der Waals surface area contributed by atoms with Crippen LogP contribution in [-0.4, -0.2) is 4.92 Å². The van der Waals surface area contributed by atoms with Gasteiger partial charge in [-0.1, -0.05) is 39.7 Å². The van der Waals surface area contributed by atoms with Crippen molar-refractivity contribution < 1.29 is 4.92 Å². The topological polar surface area (TPSA) is 55.2 Å². The van der Waals surface area contributed by atoms with Gasteiger partial charge in [0.2, 0.25) is 0 Å². The van der Waals surface area contributed by atoms with Crippen molar-refractivity contribution >= 4 is 33.2 Å². The van der Waals surface area contributed by atoms with Crippen LogP contribution in [0.15, 0.2) is 46.9 Å². The number of rotatable bonds is 5.